The Morgan fingerprint density at radius 1 is 0.429 bits per heavy atom. The van der Waals surface area contributed by atoms with E-state index in [1.165, 1.54) is 38.5 Å². The number of carbonyl (C=O) groups is 4. The van der Waals surface area contributed by atoms with E-state index < -0.39 is 23.9 Å². The van der Waals surface area contributed by atoms with Gasteiger partial charge in [0, 0.05) is 12.8 Å². The molecule has 0 aromatic rings. The summed E-state index contributed by atoms with van der Waals surface area (Å²) in [6, 6.07) is 0. The molecule has 8 nitrogen and oxygen atoms in total. The molecular weight excluding hydrogens is 750 g/mol. The Kier molecular flexibility index (Phi) is 57.7. The van der Waals surface area contributed by atoms with E-state index in [1.54, 1.807) is 0 Å². The van der Waals surface area contributed by atoms with Gasteiger partial charge in [-0.2, -0.15) is 0 Å². The average Bonchev–Trinajstić information content (AvgIpc) is 2.90. The second-order valence-electron chi connectivity index (χ2n) is 10.3. The molecule has 2 atom stereocenters. The Morgan fingerprint density at radius 3 is 0.881 bits per heavy atom. The van der Waals surface area contributed by atoms with Gasteiger partial charge in [-0.15, -0.1) is 0 Å². The topological polar surface area (TPSA) is 149 Å². The number of carboxylic acids is 4. The second kappa shape index (κ2) is 44.9. The normalized spacial score (nSPS) is 10.8. The molecule has 0 saturated carbocycles. The Bertz CT molecular complexity index is 539. The molecule has 0 aliphatic heterocycles. The minimum atomic E-state index is -0.670. The Hall–Kier alpha value is -0.523. The summed E-state index contributed by atoms with van der Waals surface area (Å²) >= 11 is 0. The predicted octanol–water partition coefficient (Wildman–Crippen LogP) is 7.61. The summed E-state index contributed by atoms with van der Waals surface area (Å²) < 4.78 is 0. The molecule has 0 heterocycles. The van der Waals surface area contributed by atoms with Crippen molar-refractivity contribution < 1.29 is 39.6 Å². The van der Waals surface area contributed by atoms with Crippen molar-refractivity contribution in [2.24, 2.45) is 11.8 Å². The van der Waals surface area contributed by atoms with E-state index in [9.17, 15) is 19.2 Å². The van der Waals surface area contributed by atoms with Crippen molar-refractivity contribution in [3.63, 3.8) is 0 Å². The van der Waals surface area contributed by atoms with Crippen LogP contribution >= 0.6 is 0 Å². The molecule has 10 heteroatoms. The molecule has 0 rings (SSSR count). The van der Waals surface area contributed by atoms with Crippen molar-refractivity contribution in [2.45, 2.75) is 170 Å². The molecule has 0 saturated heterocycles. The molecule has 4 radical (unpaired) electrons. The van der Waals surface area contributed by atoms with Gasteiger partial charge < -0.3 is 20.4 Å². The summed E-state index contributed by atoms with van der Waals surface area (Å²) in [6.07, 6.45) is 19.2. The van der Waals surface area contributed by atoms with E-state index in [-0.39, 0.29) is 59.7 Å². The monoisotopic (exact) mass is 820 g/mol. The van der Waals surface area contributed by atoms with Crippen LogP contribution in [0.3, 0.4) is 0 Å². The van der Waals surface area contributed by atoms with Crippen molar-refractivity contribution in [1.29, 1.82) is 0 Å². The molecular formula is C32H68O8Sn2. The molecule has 4 N–H and O–H groups in total. The first kappa shape index (κ1) is 54.0. The molecule has 2 unspecified atom stereocenters. The first-order valence-corrected chi connectivity index (χ1v) is 15.9. The van der Waals surface area contributed by atoms with Gasteiger partial charge >= 0.3 is 71.7 Å². The first-order valence-electron chi connectivity index (χ1n) is 15.9. The van der Waals surface area contributed by atoms with Crippen LogP contribution in [0.4, 0.5) is 0 Å². The fourth-order valence-corrected chi connectivity index (χ4v) is 3.67. The average molecular weight is 818 g/mol. The molecule has 252 valence electrons. The van der Waals surface area contributed by atoms with E-state index in [2.05, 4.69) is 27.7 Å². The summed E-state index contributed by atoms with van der Waals surface area (Å²) in [5, 5.41) is 33.7. The molecule has 0 amide bonds. The molecule has 42 heavy (non-hydrogen) atoms. The maximum absolute atomic E-state index is 10.4. The van der Waals surface area contributed by atoms with E-state index in [4.69, 9.17) is 20.4 Å². The zero-order chi connectivity index (χ0) is 31.6. The maximum atomic E-state index is 10.4. The molecule has 0 fully saturated rings. The number of hydrogen-bond donors (Lipinski definition) is 4. The van der Waals surface area contributed by atoms with Crippen LogP contribution in [-0.4, -0.2) is 92.1 Å². The molecule has 0 aliphatic rings. The molecule has 0 aromatic carbocycles. The van der Waals surface area contributed by atoms with Crippen molar-refractivity contribution in [2.75, 3.05) is 0 Å². The Labute approximate surface area is 291 Å². The van der Waals surface area contributed by atoms with Crippen LogP contribution in [0.25, 0.3) is 0 Å². The van der Waals surface area contributed by atoms with Crippen molar-refractivity contribution in [3.05, 3.63) is 0 Å². The van der Waals surface area contributed by atoms with Crippen molar-refractivity contribution in [1.82, 2.24) is 0 Å². The Balaban J connectivity index is -0.000000101. The number of hydrogen-bond acceptors (Lipinski definition) is 4. The van der Waals surface area contributed by atoms with Crippen LogP contribution in [0, 0.1) is 11.8 Å². The van der Waals surface area contributed by atoms with Gasteiger partial charge in [0.1, 0.15) is 0 Å². The van der Waals surface area contributed by atoms with E-state index in [0.717, 1.165) is 77.0 Å². The first-order chi connectivity index (χ1) is 19.0. The molecule has 0 aromatic heterocycles. The van der Waals surface area contributed by atoms with Crippen LogP contribution < -0.4 is 0 Å². The van der Waals surface area contributed by atoms with Crippen LogP contribution in [0.2, 0.25) is 0 Å². The summed E-state index contributed by atoms with van der Waals surface area (Å²) in [4.78, 5) is 40.9. The van der Waals surface area contributed by atoms with Gasteiger partial charge in [0.2, 0.25) is 0 Å². The zero-order valence-electron chi connectivity index (χ0n) is 28.1. The number of carboxylic acid groups (broad SMARTS) is 4. The van der Waals surface area contributed by atoms with Crippen molar-refractivity contribution in [3.8, 4) is 0 Å². The molecule has 0 spiro atoms. The summed E-state index contributed by atoms with van der Waals surface area (Å²) in [5.41, 5.74) is 0. The van der Waals surface area contributed by atoms with Gasteiger partial charge in [0.05, 0.1) is 11.8 Å². The zero-order valence-corrected chi connectivity index (χ0v) is 36.2. The van der Waals surface area contributed by atoms with Gasteiger partial charge in [-0.25, -0.2) is 0 Å². The van der Waals surface area contributed by atoms with Crippen LogP contribution in [0.1, 0.15) is 170 Å². The van der Waals surface area contributed by atoms with Gasteiger partial charge in [-0.05, 0) is 38.5 Å². The molecule has 0 bridgehead atoms. The van der Waals surface area contributed by atoms with Crippen molar-refractivity contribution >= 4 is 71.7 Å². The van der Waals surface area contributed by atoms with Gasteiger partial charge in [0.15, 0.2) is 0 Å². The van der Waals surface area contributed by atoms with E-state index >= 15 is 0 Å². The van der Waals surface area contributed by atoms with Crippen LogP contribution in [0.5, 0.6) is 0 Å². The number of aliphatic carboxylic acids is 4. The third-order valence-corrected chi connectivity index (χ3v) is 6.48. The van der Waals surface area contributed by atoms with Gasteiger partial charge in [-0.1, -0.05) is 119 Å². The standard InChI is InChI=1S/4C8H16O2.2Sn.4H/c2*1-3-5-6-7(4-2)8(9)10;2*1-2-3-4-5-6-7-8(9)10;;;;;;/h2*7H,3-6H2,1-2H3,(H,9,10);2*2-7H2,1H3,(H,9,10);;;;;;. The fraction of sp³-hybridized carbons (Fsp3) is 0.875. The van der Waals surface area contributed by atoms with Crippen LogP contribution in [-0.2, 0) is 19.2 Å². The third-order valence-electron chi connectivity index (χ3n) is 6.48. The minimum absolute atomic E-state index is 0. The summed E-state index contributed by atoms with van der Waals surface area (Å²) in [7, 11) is 0. The predicted molar refractivity (Wildman–Crippen MR) is 181 cm³/mol. The number of rotatable bonds is 22. The second-order valence-corrected chi connectivity index (χ2v) is 10.3. The quantitative estimate of drug-likeness (QED) is 0.0645. The summed E-state index contributed by atoms with van der Waals surface area (Å²) in [6.45, 7) is 12.3. The van der Waals surface area contributed by atoms with E-state index in [1.807, 2.05) is 13.8 Å². The van der Waals surface area contributed by atoms with Gasteiger partial charge in [0.25, 0.3) is 0 Å². The SMILES string of the molecule is CCCCC(CC)C(=O)O.CCCCC(CC)C(=O)O.CCCCCCCC(=O)O.CCCCCCCC(=O)O.[SnH2].[SnH2]. The Morgan fingerprint density at radius 2 is 0.690 bits per heavy atom. The third kappa shape index (κ3) is 52.2. The number of unbranched alkanes of at least 4 members (excludes halogenated alkanes) is 10. The van der Waals surface area contributed by atoms with E-state index in [0.29, 0.717) is 12.8 Å². The summed E-state index contributed by atoms with van der Waals surface area (Å²) in [5.74, 6) is -2.85. The molecule has 0 aliphatic carbocycles. The fourth-order valence-electron chi connectivity index (χ4n) is 3.67. The van der Waals surface area contributed by atoms with Crippen LogP contribution in [0.15, 0.2) is 0 Å². The van der Waals surface area contributed by atoms with Gasteiger partial charge in [-0.3, -0.25) is 19.2 Å².